The second-order valence-corrected chi connectivity index (χ2v) is 5.38. The van der Waals surface area contributed by atoms with E-state index in [-0.39, 0.29) is 5.78 Å². The second-order valence-electron chi connectivity index (χ2n) is 4.95. The third-order valence-corrected chi connectivity index (χ3v) is 3.48. The highest BCUT2D eigenvalue weighted by Gasteiger charge is 2.10. The Morgan fingerprint density at radius 3 is 2.14 bits per heavy atom. The van der Waals surface area contributed by atoms with E-state index < -0.39 is 5.97 Å². The van der Waals surface area contributed by atoms with Gasteiger partial charge >= 0.3 is 5.97 Å². The Morgan fingerprint density at radius 1 is 0.955 bits per heavy atom. The summed E-state index contributed by atoms with van der Waals surface area (Å²) in [6.45, 7) is 2.05. The van der Waals surface area contributed by atoms with Crippen molar-refractivity contribution in [3.05, 3.63) is 64.7 Å². The predicted molar refractivity (Wildman–Crippen MR) is 86.7 cm³/mol. The minimum atomic E-state index is -0.457. The van der Waals surface area contributed by atoms with Gasteiger partial charge in [-0.1, -0.05) is 24.9 Å². The largest absolute Gasteiger partial charge is 0.423 e. The molecule has 4 heteroatoms. The molecule has 2 aromatic rings. The Balaban J connectivity index is 2.00. The third-order valence-electron chi connectivity index (χ3n) is 3.22. The summed E-state index contributed by atoms with van der Waals surface area (Å²) < 4.78 is 5.26. The zero-order valence-corrected chi connectivity index (χ0v) is 13.1. The Hall–Kier alpha value is -2.13. The summed E-state index contributed by atoms with van der Waals surface area (Å²) >= 11 is 5.78. The number of halogens is 1. The maximum absolute atomic E-state index is 12.0. The van der Waals surface area contributed by atoms with E-state index in [1.165, 1.54) is 0 Å². The van der Waals surface area contributed by atoms with Crippen molar-refractivity contribution in [2.45, 2.75) is 26.2 Å². The lowest BCUT2D eigenvalue weighted by Gasteiger charge is -2.05. The van der Waals surface area contributed by atoms with E-state index in [1.54, 1.807) is 48.5 Å². The number of benzene rings is 2. The number of rotatable bonds is 6. The average molecular weight is 317 g/mol. The summed E-state index contributed by atoms with van der Waals surface area (Å²) in [4.78, 5) is 23.8. The fraction of sp³-hybridized carbons (Fsp3) is 0.222. The molecule has 0 aromatic heterocycles. The summed E-state index contributed by atoms with van der Waals surface area (Å²) in [5.74, 6) is 0.0612. The maximum atomic E-state index is 12.0. The number of ketones is 1. The van der Waals surface area contributed by atoms with Crippen molar-refractivity contribution in [2.75, 3.05) is 0 Å². The molecule has 0 aliphatic carbocycles. The van der Waals surface area contributed by atoms with Crippen molar-refractivity contribution in [3.63, 3.8) is 0 Å². The Labute approximate surface area is 134 Å². The lowest BCUT2D eigenvalue weighted by atomic mass is 10.1. The molecule has 0 radical (unpaired) electrons. The molecule has 0 saturated heterocycles. The highest BCUT2D eigenvalue weighted by Crippen LogP contribution is 2.17. The first-order chi connectivity index (χ1) is 10.6. The minimum absolute atomic E-state index is 0.109. The van der Waals surface area contributed by atoms with Crippen molar-refractivity contribution >= 4 is 23.4 Å². The number of unbranched alkanes of at least 4 members (excludes halogenated alkanes) is 1. The van der Waals surface area contributed by atoms with Crippen molar-refractivity contribution in [1.29, 1.82) is 0 Å². The van der Waals surface area contributed by atoms with E-state index in [4.69, 9.17) is 16.3 Å². The molecule has 0 atom stereocenters. The van der Waals surface area contributed by atoms with Crippen LogP contribution < -0.4 is 4.74 Å². The van der Waals surface area contributed by atoms with E-state index in [1.807, 2.05) is 6.92 Å². The van der Waals surface area contributed by atoms with E-state index in [2.05, 4.69) is 0 Å². The lowest BCUT2D eigenvalue weighted by Crippen LogP contribution is -2.08. The van der Waals surface area contributed by atoms with Gasteiger partial charge in [0.1, 0.15) is 5.75 Å². The molecule has 0 saturated carbocycles. The number of hydrogen-bond donors (Lipinski definition) is 0. The molecular weight excluding hydrogens is 300 g/mol. The van der Waals surface area contributed by atoms with Gasteiger partial charge in [0, 0.05) is 17.0 Å². The zero-order chi connectivity index (χ0) is 15.9. The molecular formula is C18H17ClO3. The Morgan fingerprint density at radius 2 is 1.55 bits per heavy atom. The molecule has 3 nitrogen and oxygen atoms in total. The number of hydrogen-bond acceptors (Lipinski definition) is 3. The SMILES string of the molecule is CCCCC(=O)c1ccc(OC(=O)c2ccc(Cl)cc2)cc1. The number of ether oxygens (including phenoxy) is 1. The first-order valence-corrected chi connectivity index (χ1v) is 7.59. The normalized spacial score (nSPS) is 10.3. The fourth-order valence-corrected chi connectivity index (χ4v) is 2.07. The van der Waals surface area contributed by atoms with Crippen LogP contribution in [0.4, 0.5) is 0 Å². The molecule has 0 N–H and O–H groups in total. The van der Waals surface area contributed by atoms with Crippen LogP contribution in [-0.4, -0.2) is 11.8 Å². The van der Waals surface area contributed by atoms with Crippen molar-refractivity contribution in [2.24, 2.45) is 0 Å². The van der Waals surface area contributed by atoms with Gasteiger partial charge in [0.15, 0.2) is 5.78 Å². The van der Waals surface area contributed by atoms with Crippen LogP contribution in [-0.2, 0) is 0 Å². The van der Waals surface area contributed by atoms with Gasteiger partial charge in [0.2, 0.25) is 0 Å². The first kappa shape index (κ1) is 16.2. The lowest BCUT2D eigenvalue weighted by molar-refractivity contribution is 0.0734. The van der Waals surface area contributed by atoms with E-state index in [0.29, 0.717) is 28.3 Å². The summed E-state index contributed by atoms with van der Waals surface area (Å²) in [5, 5.41) is 0.562. The molecule has 0 bridgehead atoms. The van der Waals surface area contributed by atoms with Gasteiger partial charge in [-0.05, 0) is 55.0 Å². The highest BCUT2D eigenvalue weighted by molar-refractivity contribution is 6.30. The van der Waals surface area contributed by atoms with Gasteiger partial charge < -0.3 is 4.74 Å². The van der Waals surface area contributed by atoms with E-state index >= 15 is 0 Å². The van der Waals surface area contributed by atoms with Crippen LogP contribution in [0.2, 0.25) is 5.02 Å². The Bertz CT molecular complexity index is 645. The van der Waals surface area contributed by atoms with Crippen LogP contribution in [0, 0.1) is 0 Å². The maximum Gasteiger partial charge on any atom is 0.343 e. The van der Waals surface area contributed by atoms with Crippen LogP contribution in [0.1, 0.15) is 46.9 Å². The molecule has 0 spiro atoms. The molecule has 0 fully saturated rings. The number of Topliss-reactive ketones (excluding diaryl/α,β-unsaturated/α-hetero) is 1. The fourth-order valence-electron chi connectivity index (χ4n) is 1.94. The molecule has 2 rings (SSSR count). The molecule has 22 heavy (non-hydrogen) atoms. The van der Waals surface area contributed by atoms with Gasteiger partial charge in [-0.2, -0.15) is 0 Å². The van der Waals surface area contributed by atoms with Crippen molar-refractivity contribution in [1.82, 2.24) is 0 Å². The second kappa shape index (κ2) is 7.76. The monoisotopic (exact) mass is 316 g/mol. The molecule has 2 aromatic carbocycles. The predicted octanol–water partition coefficient (Wildman–Crippen LogP) is 4.93. The molecule has 0 aliphatic heterocycles. The van der Waals surface area contributed by atoms with Gasteiger partial charge in [0.25, 0.3) is 0 Å². The minimum Gasteiger partial charge on any atom is -0.423 e. The van der Waals surface area contributed by atoms with Gasteiger partial charge in [-0.3, -0.25) is 4.79 Å². The van der Waals surface area contributed by atoms with Crippen LogP contribution in [0.25, 0.3) is 0 Å². The van der Waals surface area contributed by atoms with Gasteiger partial charge in [-0.15, -0.1) is 0 Å². The highest BCUT2D eigenvalue weighted by atomic mass is 35.5. The standard InChI is InChI=1S/C18H17ClO3/c1-2-3-4-17(20)13-7-11-16(12-8-13)22-18(21)14-5-9-15(19)10-6-14/h5-12H,2-4H2,1H3. The summed E-state index contributed by atoms with van der Waals surface area (Å²) in [6.07, 6.45) is 2.41. The van der Waals surface area contributed by atoms with Crippen molar-refractivity contribution in [3.8, 4) is 5.75 Å². The van der Waals surface area contributed by atoms with Gasteiger partial charge in [0.05, 0.1) is 5.56 Å². The third kappa shape index (κ3) is 4.43. The molecule has 0 aliphatic rings. The Kier molecular flexibility index (Phi) is 5.73. The molecule has 0 amide bonds. The smallest absolute Gasteiger partial charge is 0.343 e. The summed E-state index contributed by atoms with van der Waals surface area (Å²) in [6, 6.07) is 13.1. The quantitative estimate of drug-likeness (QED) is 0.431. The van der Waals surface area contributed by atoms with Crippen LogP contribution >= 0.6 is 11.6 Å². The summed E-state index contributed by atoms with van der Waals surface area (Å²) in [7, 11) is 0. The van der Waals surface area contributed by atoms with Crippen molar-refractivity contribution < 1.29 is 14.3 Å². The first-order valence-electron chi connectivity index (χ1n) is 7.21. The summed E-state index contributed by atoms with van der Waals surface area (Å²) in [5.41, 5.74) is 1.06. The van der Waals surface area contributed by atoms with E-state index in [0.717, 1.165) is 12.8 Å². The number of carbonyl (C=O) groups is 2. The van der Waals surface area contributed by atoms with Gasteiger partial charge in [-0.25, -0.2) is 4.79 Å². The topological polar surface area (TPSA) is 43.4 Å². The average Bonchev–Trinajstić information content (AvgIpc) is 2.54. The van der Waals surface area contributed by atoms with Crippen LogP contribution in [0.3, 0.4) is 0 Å². The molecule has 0 heterocycles. The van der Waals surface area contributed by atoms with Crippen LogP contribution in [0.5, 0.6) is 5.75 Å². The molecule has 114 valence electrons. The zero-order valence-electron chi connectivity index (χ0n) is 12.3. The van der Waals surface area contributed by atoms with E-state index in [9.17, 15) is 9.59 Å². The number of esters is 1. The number of carbonyl (C=O) groups excluding carboxylic acids is 2. The van der Waals surface area contributed by atoms with Crippen LogP contribution in [0.15, 0.2) is 48.5 Å². The molecule has 0 unspecified atom stereocenters.